The number of ether oxygens (including phenoxy) is 1. The van der Waals surface area contributed by atoms with Crippen molar-refractivity contribution < 1.29 is 14.1 Å². The summed E-state index contributed by atoms with van der Waals surface area (Å²) >= 11 is 0. The molecule has 22 heavy (non-hydrogen) atoms. The molecule has 7 heteroatoms. The largest absolute Gasteiger partial charge is 0.368 e. The van der Waals surface area contributed by atoms with Gasteiger partial charge in [-0.3, -0.25) is 15.1 Å². The van der Waals surface area contributed by atoms with Gasteiger partial charge in [-0.05, 0) is 30.3 Å². The number of pyridine rings is 1. The number of hydrogen-bond acceptors (Lipinski definition) is 5. The summed E-state index contributed by atoms with van der Waals surface area (Å²) in [6.07, 6.45) is 0.967. The normalized spacial score (nSPS) is 18.2. The van der Waals surface area contributed by atoms with E-state index in [0.717, 1.165) is 5.69 Å². The van der Waals surface area contributed by atoms with Gasteiger partial charge >= 0.3 is 0 Å². The number of nitro groups is 1. The molecule has 0 radical (unpaired) electrons. The summed E-state index contributed by atoms with van der Waals surface area (Å²) in [5, 5.41) is 10.6. The van der Waals surface area contributed by atoms with Crippen molar-refractivity contribution >= 4 is 11.4 Å². The molecule has 2 heterocycles. The predicted octanol–water partition coefficient (Wildman–Crippen LogP) is 2.71. The van der Waals surface area contributed by atoms with Crippen molar-refractivity contribution in [2.75, 3.05) is 24.6 Å². The zero-order valence-corrected chi connectivity index (χ0v) is 11.7. The first-order valence-electron chi connectivity index (χ1n) is 6.86. The van der Waals surface area contributed by atoms with Gasteiger partial charge in [0.25, 0.3) is 5.69 Å². The number of benzene rings is 1. The molecule has 0 N–H and O–H groups in total. The molecule has 0 spiro atoms. The van der Waals surface area contributed by atoms with Gasteiger partial charge in [0.2, 0.25) is 0 Å². The lowest BCUT2D eigenvalue weighted by Gasteiger charge is -2.34. The summed E-state index contributed by atoms with van der Waals surface area (Å²) in [7, 11) is 0. The minimum atomic E-state index is -0.483. The highest BCUT2D eigenvalue weighted by atomic mass is 19.1. The van der Waals surface area contributed by atoms with E-state index in [-0.39, 0.29) is 17.6 Å². The van der Waals surface area contributed by atoms with E-state index in [1.54, 1.807) is 18.2 Å². The van der Waals surface area contributed by atoms with Crippen LogP contribution in [0.1, 0.15) is 11.8 Å². The highest BCUT2D eigenvalue weighted by Gasteiger charge is 2.23. The first-order valence-corrected chi connectivity index (χ1v) is 6.86. The Balaban J connectivity index is 1.75. The maximum Gasteiger partial charge on any atom is 0.287 e. The number of halogens is 1. The first-order chi connectivity index (χ1) is 10.6. The Labute approximate surface area is 126 Å². The van der Waals surface area contributed by atoms with Crippen LogP contribution in [0.5, 0.6) is 0 Å². The minimum absolute atomic E-state index is 0.0463. The quantitative estimate of drug-likeness (QED) is 0.644. The molecule has 0 aliphatic carbocycles. The van der Waals surface area contributed by atoms with Crippen molar-refractivity contribution in [3.63, 3.8) is 0 Å². The highest BCUT2D eigenvalue weighted by Crippen LogP contribution is 2.26. The van der Waals surface area contributed by atoms with Gasteiger partial charge in [0.1, 0.15) is 18.1 Å². The number of anilines is 1. The third kappa shape index (κ3) is 3.04. The monoisotopic (exact) mass is 303 g/mol. The molecule has 114 valence electrons. The highest BCUT2D eigenvalue weighted by molar-refractivity contribution is 5.47. The Kier molecular flexibility index (Phi) is 3.97. The van der Waals surface area contributed by atoms with Crippen LogP contribution in [-0.4, -0.2) is 29.6 Å². The molecule has 3 rings (SSSR count). The summed E-state index contributed by atoms with van der Waals surface area (Å²) in [4.78, 5) is 16.4. The Morgan fingerprint density at radius 3 is 2.68 bits per heavy atom. The average molecular weight is 303 g/mol. The Morgan fingerprint density at radius 1 is 1.27 bits per heavy atom. The van der Waals surface area contributed by atoms with Crippen molar-refractivity contribution in [2.24, 2.45) is 0 Å². The topological polar surface area (TPSA) is 68.5 Å². The van der Waals surface area contributed by atoms with E-state index in [2.05, 4.69) is 9.88 Å². The lowest BCUT2D eigenvalue weighted by atomic mass is 10.1. The van der Waals surface area contributed by atoms with Gasteiger partial charge < -0.3 is 9.64 Å². The summed E-state index contributed by atoms with van der Waals surface area (Å²) in [6.45, 7) is 1.78. The van der Waals surface area contributed by atoms with Crippen molar-refractivity contribution in [3.05, 3.63) is 64.2 Å². The molecule has 1 aromatic carbocycles. The maximum atomic E-state index is 13.0. The van der Waals surface area contributed by atoms with E-state index in [4.69, 9.17) is 4.74 Å². The zero-order chi connectivity index (χ0) is 15.5. The first kappa shape index (κ1) is 14.4. The summed E-state index contributed by atoms with van der Waals surface area (Å²) in [5.74, 6) is -0.273. The summed E-state index contributed by atoms with van der Waals surface area (Å²) < 4.78 is 18.7. The Morgan fingerprint density at radius 2 is 2.05 bits per heavy atom. The van der Waals surface area contributed by atoms with Gasteiger partial charge in [0, 0.05) is 24.8 Å². The zero-order valence-electron chi connectivity index (χ0n) is 11.7. The van der Waals surface area contributed by atoms with Crippen LogP contribution in [0.3, 0.4) is 0 Å². The lowest BCUT2D eigenvalue weighted by molar-refractivity contribution is -0.385. The molecular formula is C15H14FN3O3. The molecule has 1 fully saturated rings. The number of hydrogen-bond donors (Lipinski definition) is 0. The number of aromatic nitrogens is 1. The van der Waals surface area contributed by atoms with Crippen molar-refractivity contribution in [1.29, 1.82) is 0 Å². The predicted molar refractivity (Wildman–Crippen MR) is 78.2 cm³/mol. The fraction of sp³-hybridized carbons (Fsp3) is 0.267. The Hall–Kier alpha value is -2.54. The third-order valence-electron chi connectivity index (χ3n) is 3.57. The van der Waals surface area contributed by atoms with Crippen LogP contribution in [0.25, 0.3) is 0 Å². The molecule has 1 aliphatic heterocycles. The second-order valence-electron chi connectivity index (χ2n) is 4.98. The molecule has 1 atom stereocenters. The fourth-order valence-electron chi connectivity index (χ4n) is 2.41. The third-order valence-corrected chi connectivity index (χ3v) is 3.57. The van der Waals surface area contributed by atoms with E-state index >= 15 is 0 Å². The maximum absolute atomic E-state index is 13.0. The SMILES string of the molecule is O=[N+]([O-])c1ccc([C@H]2CN(c3ccc(F)cc3)CCO2)nc1. The Bertz CT molecular complexity index is 661. The van der Waals surface area contributed by atoms with Crippen LogP contribution >= 0.6 is 0 Å². The van der Waals surface area contributed by atoms with E-state index in [9.17, 15) is 14.5 Å². The van der Waals surface area contributed by atoms with Crippen LogP contribution in [0.4, 0.5) is 15.8 Å². The van der Waals surface area contributed by atoms with Crippen LogP contribution in [-0.2, 0) is 4.74 Å². The van der Waals surface area contributed by atoms with Gasteiger partial charge in [0.05, 0.1) is 17.2 Å². The molecule has 1 aliphatic rings. The molecule has 1 aromatic heterocycles. The molecule has 0 bridgehead atoms. The van der Waals surface area contributed by atoms with Gasteiger partial charge in [-0.2, -0.15) is 0 Å². The number of nitrogens with zero attached hydrogens (tertiary/aromatic N) is 3. The van der Waals surface area contributed by atoms with Crippen molar-refractivity contribution in [2.45, 2.75) is 6.10 Å². The van der Waals surface area contributed by atoms with Crippen molar-refractivity contribution in [1.82, 2.24) is 4.98 Å². The van der Waals surface area contributed by atoms with E-state index < -0.39 is 4.92 Å². The molecule has 0 amide bonds. The second kappa shape index (κ2) is 6.07. The van der Waals surface area contributed by atoms with Gasteiger partial charge in [-0.1, -0.05) is 0 Å². The smallest absolute Gasteiger partial charge is 0.287 e. The summed E-state index contributed by atoms with van der Waals surface area (Å²) in [6, 6.07) is 9.31. The van der Waals surface area contributed by atoms with Crippen molar-refractivity contribution in [3.8, 4) is 0 Å². The average Bonchev–Trinajstić information content (AvgIpc) is 2.56. The van der Waals surface area contributed by atoms with Gasteiger partial charge in [-0.25, -0.2) is 4.39 Å². The molecule has 6 nitrogen and oxygen atoms in total. The standard InChI is InChI=1S/C15H14FN3O3/c16-11-1-3-12(4-2-11)18-7-8-22-15(10-18)14-6-5-13(9-17-14)19(20)21/h1-6,9,15H,7-8,10H2/t15-/m1/s1. The van der Waals surface area contributed by atoms with E-state index in [1.807, 2.05) is 0 Å². The number of morpholine rings is 1. The van der Waals surface area contributed by atoms with Gasteiger partial charge in [-0.15, -0.1) is 0 Å². The molecular weight excluding hydrogens is 289 g/mol. The lowest BCUT2D eigenvalue weighted by Crippen LogP contribution is -2.38. The van der Waals surface area contributed by atoms with Crippen LogP contribution in [0, 0.1) is 15.9 Å². The second-order valence-corrected chi connectivity index (χ2v) is 4.98. The van der Waals surface area contributed by atoms with Crippen LogP contribution in [0.2, 0.25) is 0 Å². The fourth-order valence-corrected chi connectivity index (χ4v) is 2.41. The molecule has 1 saturated heterocycles. The number of rotatable bonds is 3. The van der Waals surface area contributed by atoms with Crippen LogP contribution in [0.15, 0.2) is 42.6 Å². The molecule has 0 saturated carbocycles. The van der Waals surface area contributed by atoms with E-state index in [0.29, 0.717) is 25.4 Å². The molecule has 2 aromatic rings. The van der Waals surface area contributed by atoms with Gasteiger partial charge in [0.15, 0.2) is 0 Å². The molecule has 0 unspecified atom stereocenters. The van der Waals surface area contributed by atoms with E-state index in [1.165, 1.54) is 24.4 Å². The minimum Gasteiger partial charge on any atom is -0.368 e. The van der Waals surface area contributed by atoms with Crippen LogP contribution < -0.4 is 4.90 Å². The summed E-state index contributed by atoms with van der Waals surface area (Å²) in [5.41, 5.74) is 1.52.